The number of hydrogen-bond acceptors (Lipinski definition) is 2. The number of rotatable bonds is 2. The van der Waals surface area contributed by atoms with Crippen molar-refractivity contribution in [2.24, 2.45) is 7.05 Å². The number of benzene rings is 1. The first-order valence-electron chi connectivity index (χ1n) is 4.71. The van der Waals surface area contributed by atoms with Crippen molar-refractivity contribution in [1.82, 2.24) is 9.78 Å². The standard InChI is InChI=1S/C11H10F2N2S/c1-15-11(5-8(6-16)14-15)9-4-7(12)2-3-10(9)13/h2-5,16H,6H2,1H3. The smallest absolute Gasteiger partial charge is 0.132 e. The van der Waals surface area contributed by atoms with Crippen LogP contribution in [-0.2, 0) is 12.8 Å². The molecule has 0 spiro atoms. The fourth-order valence-electron chi connectivity index (χ4n) is 1.55. The Hall–Kier alpha value is -1.36. The lowest BCUT2D eigenvalue weighted by molar-refractivity contribution is 0.601. The van der Waals surface area contributed by atoms with E-state index in [0.29, 0.717) is 11.4 Å². The van der Waals surface area contributed by atoms with E-state index in [1.807, 2.05) is 0 Å². The average molecular weight is 240 g/mol. The van der Waals surface area contributed by atoms with Gasteiger partial charge in [-0.3, -0.25) is 4.68 Å². The van der Waals surface area contributed by atoms with Gasteiger partial charge in [0, 0.05) is 18.4 Å². The molecule has 0 saturated heterocycles. The van der Waals surface area contributed by atoms with E-state index in [2.05, 4.69) is 17.7 Å². The van der Waals surface area contributed by atoms with Crippen LogP contribution in [0.15, 0.2) is 24.3 Å². The van der Waals surface area contributed by atoms with Gasteiger partial charge in [-0.05, 0) is 24.3 Å². The zero-order chi connectivity index (χ0) is 11.7. The number of halogens is 2. The normalized spacial score (nSPS) is 10.8. The van der Waals surface area contributed by atoms with Crippen LogP contribution in [0.1, 0.15) is 5.69 Å². The summed E-state index contributed by atoms with van der Waals surface area (Å²) in [6.07, 6.45) is 0. The van der Waals surface area contributed by atoms with Crippen LogP contribution in [0.25, 0.3) is 11.3 Å². The van der Waals surface area contributed by atoms with Gasteiger partial charge in [-0.15, -0.1) is 0 Å². The molecule has 0 fully saturated rings. The van der Waals surface area contributed by atoms with E-state index < -0.39 is 11.6 Å². The molecule has 84 valence electrons. The van der Waals surface area contributed by atoms with Crippen molar-refractivity contribution in [1.29, 1.82) is 0 Å². The fourth-order valence-corrected chi connectivity index (χ4v) is 1.70. The van der Waals surface area contributed by atoms with Gasteiger partial charge in [0.05, 0.1) is 11.4 Å². The van der Waals surface area contributed by atoms with Gasteiger partial charge in [-0.1, -0.05) is 0 Å². The molecule has 1 aromatic heterocycles. The van der Waals surface area contributed by atoms with Gasteiger partial charge in [0.2, 0.25) is 0 Å². The van der Waals surface area contributed by atoms with Gasteiger partial charge in [-0.25, -0.2) is 8.78 Å². The lowest BCUT2D eigenvalue weighted by Crippen LogP contribution is -1.96. The Morgan fingerprint density at radius 2 is 2.06 bits per heavy atom. The third kappa shape index (κ3) is 1.95. The van der Waals surface area contributed by atoms with Crippen LogP contribution in [0.3, 0.4) is 0 Å². The second kappa shape index (κ2) is 4.25. The van der Waals surface area contributed by atoms with Crippen LogP contribution in [-0.4, -0.2) is 9.78 Å². The van der Waals surface area contributed by atoms with Crippen molar-refractivity contribution in [2.45, 2.75) is 5.75 Å². The molecule has 1 aromatic carbocycles. The number of hydrogen-bond donors (Lipinski definition) is 1. The summed E-state index contributed by atoms with van der Waals surface area (Å²) in [5.41, 5.74) is 1.48. The molecule has 5 heteroatoms. The van der Waals surface area contributed by atoms with E-state index in [0.717, 1.165) is 23.9 Å². The van der Waals surface area contributed by atoms with E-state index in [4.69, 9.17) is 0 Å². The van der Waals surface area contributed by atoms with Gasteiger partial charge in [0.1, 0.15) is 11.6 Å². The predicted octanol–water partition coefficient (Wildman–Crippen LogP) is 2.80. The van der Waals surface area contributed by atoms with Gasteiger partial charge in [0.25, 0.3) is 0 Å². The predicted molar refractivity (Wildman–Crippen MR) is 61.3 cm³/mol. The quantitative estimate of drug-likeness (QED) is 0.799. The minimum Gasteiger partial charge on any atom is -0.268 e. The van der Waals surface area contributed by atoms with E-state index in [1.54, 1.807) is 13.1 Å². The highest BCUT2D eigenvalue weighted by molar-refractivity contribution is 7.79. The SMILES string of the molecule is Cn1nc(CS)cc1-c1cc(F)ccc1F. The zero-order valence-corrected chi connectivity index (χ0v) is 9.51. The molecule has 2 nitrogen and oxygen atoms in total. The molecule has 0 aliphatic rings. The van der Waals surface area contributed by atoms with Gasteiger partial charge in [0.15, 0.2) is 0 Å². The molecule has 0 bridgehead atoms. The maximum atomic E-state index is 13.5. The summed E-state index contributed by atoms with van der Waals surface area (Å²) in [4.78, 5) is 0. The number of thiol groups is 1. The fraction of sp³-hybridized carbons (Fsp3) is 0.182. The Morgan fingerprint density at radius 3 is 2.69 bits per heavy atom. The highest BCUT2D eigenvalue weighted by Crippen LogP contribution is 2.24. The Kier molecular flexibility index (Phi) is 2.96. The summed E-state index contributed by atoms with van der Waals surface area (Å²) >= 11 is 4.09. The molecule has 0 atom stereocenters. The molecule has 0 aliphatic heterocycles. The van der Waals surface area contributed by atoms with Crippen molar-refractivity contribution >= 4 is 12.6 Å². The second-order valence-electron chi connectivity index (χ2n) is 3.43. The summed E-state index contributed by atoms with van der Waals surface area (Å²) < 4.78 is 28.1. The van der Waals surface area contributed by atoms with Gasteiger partial charge < -0.3 is 0 Å². The van der Waals surface area contributed by atoms with Crippen molar-refractivity contribution in [3.63, 3.8) is 0 Å². The minimum absolute atomic E-state index is 0.211. The molecule has 0 aliphatic carbocycles. The van der Waals surface area contributed by atoms with Crippen molar-refractivity contribution in [3.05, 3.63) is 41.6 Å². The van der Waals surface area contributed by atoms with Crippen molar-refractivity contribution in [3.8, 4) is 11.3 Å². The maximum Gasteiger partial charge on any atom is 0.132 e. The van der Waals surface area contributed by atoms with E-state index in [1.165, 1.54) is 4.68 Å². The van der Waals surface area contributed by atoms with Crippen molar-refractivity contribution < 1.29 is 8.78 Å². The summed E-state index contributed by atoms with van der Waals surface area (Å²) in [5, 5.41) is 4.13. The van der Waals surface area contributed by atoms with Crippen LogP contribution in [0.5, 0.6) is 0 Å². The van der Waals surface area contributed by atoms with E-state index in [-0.39, 0.29) is 5.56 Å². The topological polar surface area (TPSA) is 17.8 Å². The third-order valence-electron chi connectivity index (χ3n) is 2.30. The zero-order valence-electron chi connectivity index (χ0n) is 8.61. The second-order valence-corrected chi connectivity index (χ2v) is 3.74. The van der Waals surface area contributed by atoms with E-state index in [9.17, 15) is 8.78 Å². The van der Waals surface area contributed by atoms with Crippen LogP contribution in [0.4, 0.5) is 8.78 Å². The van der Waals surface area contributed by atoms with Crippen LogP contribution in [0, 0.1) is 11.6 Å². The highest BCUT2D eigenvalue weighted by Gasteiger charge is 2.11. The minimum atomic E-state index is -0.468. The molecule has 2 aromatic rings. The highest BCUT2D eigenvalue weighted by atomic mass is 32.1. The Balaban J connectivity index is 2.57. The largest absolute Gasteiger partial charge is 0.268 e. The van der Waals surface area contributed by atoms with Crippen LogP contribution in [0.2, 0.25) is 0 Å². The molecule has 0 unspecified atom stereocenters. The summed E-state index contributed by atoms with van der Waals surface area (Å²) in [6.45, 7) is 0. The lowest BCUT2D eigenvalue weighted by Gasteiger charge is -2.03. The van der Waals surface area contributed by atoms with Gasteiger partial charge in [-0.2, -0.15) is 17.7 Å². The summed E-state index contributed by atoms with van der Waals surface area (Å²) in [7, 11) is 1.69. The molecule has 0 radical (unpaired) electrons. The monoisotopic (exact) mass is 240 g/mol. The molecule has 0 amide bonds. The summed E-state index contributed by atoms with van der Waals surface area (Å²) in [6, 6.07) is 5.06. The number of nitrogens with zero attached hydrogens (tertiary/aromatic N) is 2. The lowest BCUT2D eigenvalue weighted by atomic mass is 10.1. The van der Waals surface area contributed by atoms with Crippen LogP contribution < -0.4 is 0 Å². The molecule has 1 heterocycles. The van der Waals surface area contributed by atoms with Gasteiger partial charge >= 0.3 is 0 Å². The average Bonchev–Trinajstić information content (AvgIpc) is 2.63. The number of aromatic nitrogens is 2. The Bertz CT molecular complexity index is 523. The molecule has 16 heavy (non-hydrogen) atoms. The number of aryl methyl sites for hydroxylation is 1. The molecular weight excluding hydrogens is 230 g/mol. The maximum absolute atomic E-state index is 13.5. The third-order valence-corrected chi connectivity index (χ3v) is 2.62. The summed E-state index contributed by atoms with van der Waals surface area (Å²) in [5.74, 6) is -0.467. The molecule has 0 N–H and O–H groups in total. The Labute approximate surface area is 97.3 Å². The molecular formula is C11H10F2N2S. The Morgan fingerprint density at radius 1 is 1.31 bits per heavy atom. The van der Waals surface area contributed by atoms with E-state index >= 15 is 0 Å². The van der Waals surface area contributed by atoms with Crippen LogP contribution >= 0.6 is 12.6 Å². The first kappa shape index (κ1) is 11.1. The van der Waals surface area contributed by atoms with Crippen molar-refractivity contribution in [2.75, 3.05) is 0 Å². The first-order chi connectivity index (χ1) is 7.61. The molecule has 0 saturated carbocycles. The first-order valence-corrected chi connectivity index (χ1v) is 5.34. The molecule has 2 rings (SSSR count).